The third-order valence-electron chi connectivity index (χ3n) is 4.97. The van der Waals surface area contributed by atoms with Crippen molar-refractivity contribution in [3.8, 4) is 28.6 Å². The Hall–Kier alpha value is -3.70. The fourth-order valence-electron chi connectivity index (χ4n) is 3.29. The van der Waals surface area contributed by atoms with E-state index in [0.29, 0.717) is 27.0 Å². The van der Waals surface area contributed by atoms with Gasteiger partial charge in [-0.2, -0.15) is 5.10 Å². The number of carbonyl (C=O) groups is 1. The van der Waals surface area contributed by atoms with Crippen molar-refractivity contribution in [3.63, 3.8) is 0 Å². The molecule has 0 saturated carbocycles. The van der Waals surface area contributed by atoms with E-state index in [1.54, 1.807) is 32.4 Å². The standard InChI is InChI=1S/C25H21BrFN5O3S/c1-34-21-11-8-16(13-22(21)35-2)24-30-31-25(32(24)19-6-4-3-5-7-19)36-15-23(33)29-28-14-17-12-18(26)9-10-20(17)27/h3-14H,15H2,1-2H3,(H,29,33)/b28-14-. The summed E-state index contributed by atoms with van der Waals surface area (Å²) in [6.07, 6.45) is 1.25. The average molecular weight is 570 g/mol. The minimum Gasteiger partial charge on any atom is -0.493 e. The number of hydrazone groups is 1. The van der Waals surface area contributed by atoms with Gasteiger partial charge in [0.05, 0.1) is 26.2 Å². The van der Waals surface area contributed by atoms with Crippen molar-refractivity contribution >= 4 is 39.8 Å². The Balaban J connectivity index is 1.54. The van der Waals surface area contributed by atoms with Crippen LogP contribution < -0.4 is 14.9 Å². The predicted octanol–water partition coefficient (Wildman–Crippen LogP) is 5.10. The lowest BCUT2D eigenvalue weighted by atomic mass is 10.2. The van der Waals surface area contributed by atoms with Crippen LogP contribution in [0.5, 0.6) is 11.5 Å². The van der Waals surface area contributed by atoms with Gasteiger partial charge in [-0.1, -0.05) is 45.9 Å². The number of ether oxygens (including phenoxy) is 2. The van der Waals surface area contributed by atoms with Gasteiger partial charge in [-0.05, 0) is 48.5 Å². The van der Waals surface area contributed by atoms with Crippen LogP contribution in [0.15, 0.2) is 81.5 Å². The van der Waals surface area contributed by atoms with Gasteiger partial charge in [0.25, 0.3) is 5.91 Å². The Bertz CT molecular complexity index is 1400. The average Bonchev–Trinajstić information content (AvgIpc) is 3.33. The molecule has 0 atom stereocenters. The summed E-state index contributed by atoms with van der Waals surface area (Å²) < 4.78 is 27.2. The molecule has 3 aromatic carbocycles. The van der Waals surface area contributed by atoms with Crippen LogP contribution in [0.3, 0.4) is 0 Å². The SMILES string of the molecule is COc1ccc(-c2nnc(SCC(=O)N/N=C\c3cc(Br)ccc3F)n2-c2ccccc2)cc1OC. The zero-order valence-electron chi connectivity index (χ0n) is 19.3. The lowest BCUT2D eigenvalue weighted by Crippen LogP contribution is -2.20. The van der Waals surface area contributed by atoms with Gasteiger partial charge in [-0.15, -0.1) is 10.2 Å². The molecule has 0 radical (unpaired) electrons. The maximum atomic E-state index is 13.8. The summed E-state index contributed by atoms with van der Waals surface area (Å²) in [5.41, 5.74) is 4.26. The monoisotopic (exact) mass is 569 g/mol. The molecule has 4 aromatic rings. The summed E-state index contributed by atoms with van der Waals surface area (Å²) in [4.78, 5) is 12.4. The molecular formula is C25H21BrFN5O3S. The van der Waals surface area contributed by atoms with Crippen LogP contribution >= 0.6 is 27.7 Å². The molecule has 1 aromatic heterocycles. The number of nitrogens with one attached hydrogen (secondary N) is 1. The molecule has 0 aliphatic heterocycles. The highest BCUT2D eigenvalue weighted by molar-refractivity contribution is 9.10. The summed E-state index contributed by atoms with van der Waals surface area (Å²) >= 11 is 4.48. The molecular weight excluding hydrogens is 549 g/mol. The Morgan fingerprint density at radius 2 is 1.86 bits per heavy atom. The summed E-state index contributed by atoms with van der Waals surface area (Å²) in [5, 5.41) is 13.1. The number of hydrogen-bond donors (Lipinski definition) is 1. The molecule has 0 aliphatic rings. The first-order valence-electron chi connectivity index (χ1n) is 10.6. The molecule has 1 heterocycles. The number of rotatable bonds is 9. The summed E-state index contributed by atoms with van der Waals surface area (Å²) in [5.74, 6) is 0.946. The molecule has 4 rings (SSSR count). The summed E-state index contributed by atoms with van der Waals surface area (Å²) in [7, 11) is 3.14. The van der Waals surface area contributed by atoms with E-state index in [9.17, 15) is 9.18 Å². The number of para-hydroxylation sites is 1. The Labute approximate surface area is 219 Å². The van der Waals surface area contributed by atoms with Gasteiger partial charge in [0.1, 0.15) is 5.82 Å². The zero-order chi connectivity index (χ0) is 25.5. The van der Waals surface area contributed by atoms with Crippen LogP contribution in [-0.4, -0.2) is 46.9 Å². The number of nitrogens with zero attached hydrogens (tertiary/aromatic N) is 4. The van der Waals surface area contributed by atoms with E-state index in [1.807, 2.05) is 47.0 Å². The van der Waals surface area contributed by atoms with Crippen molar-refractivity contribution in [1.29, 1.82) is 0 Å². The van der Waals surface area contributed by atoms with Crippen LogP contribution in [0.2, 0.25) is 0 Å². The highest BCUT2D eigenvalue weighted by Crippen LogP contribution is 2.34. The van der Waals surface area contributed by atoms with Crippen molar-refractivity contribution in [2.24, 2.45) is 5.10 Å². The van der Waals surface area contributed by atoms with Gasteiger partial charge in [-0.25, -0.2) is 9.82 Å². The van der Waals surface area contributed by atoms with E-state index < -0.39 is 5.82 Å². The van der Waals surface area contributed by atoms with Gasteiger partial charge < -0.3 is 9.47 Å². The Morgan fingerprint density at radius 3 is 2.61 bits per heavy atom. The molecule has 184 valence electrons. The first kappa shape index (κ1) is 25.4. The first-order chi connectivity index (χ1) is 17.5. The van der Waals surface area contributed by atoms with Crippen LogP contribution in [-0.2, 0) is 4.79 Å². The predicted molar refractivity (Wildman–Crippen MR) is 140 cm³/mol. The van der Waals surface area contributed by atoms with Crippen molar-refractivity contribution < 1.29 is 18.7 Å². The molecule has 1 N–H and O–H groups in total. The van der Waals surface area contributed by atoms with E-state index in [0.717, 1.165) is 11.3 Å². The van der Waals surface area contributed by atoms with E-state index in [4.69, 9.17) is 9.47 Å². The van der Waals surface area contributed by atoms with Crippen molar-refractivity contribution in [3.05, 3.63) is 82.6 Å². The van der Waals surface area contributed by atoms with Gasteiger partial charge in [0, 0.05) is 21.3 Å². The third-order valence-corrected chi connectivity index (χ3v) is 6.39. The van der Waals surface area contributed by atoms with E-state index >= 15 is 0 Å². The van der Waals surface area contributed by atoms with Crippen LogP contribution in [0.1, 0.15) is 5.56 Å². The number of methoxy groups -OCH3 is 2. The number of hydrogen-bond acceptors (Lipinski definition) is 7. The largest absolute Gasteiger partial charge is 0.493 e. The van der Waals surface area contributed by atoms with E-state index in [2.05, 4.69) is 36.7 Å². The summed E-state index contributed by atoms with van der Waals surface area (Å²) in [6, 6.07) is 19.5. The number of benzene rings is 3. The Kier molecular flexibility index (Phi) is 8.34. The number of thioether (sulfide) groups is 1. The van der Waals surface area contributed by atoms with Crippen molar-refractivity contribution in [1.82, 2.24) is 20.2 Å². The molecule has 0 spiro atoms. The van der Waals surface area contributed by atoms with Crippen molar-refractivity contribution in [2.45, 2.75) is 5.16 Å². The lowest BCUT2D eigenvalue weighted by molar-refractivity contribution is -0.118. The van der Waals surface area contributed by atoms with Gasteiger partial charge in [-0.3, -0.25) is 9.36 Å². The number of carbonyl (C=O) groups excluding carboxylic acids is 1. The van der Waals surface area contributed by atoms with Crippen molar-refractivity contribution in [2.75, 3.05) is 20.0 Å². The number of amides is 1. The highest BCUT2D eigenvalue weighted by Gasteiger charge is 2.18. The van der Waals surface area contributed by atoms with Crippen LogP contribution in [0.25, 0.3) is 17.1 Å². The topological polar surface area (TPSA) is 90.6 Å². The molecule has 0 fully saturated rings. The Morgan fingerprint density at radius 1 is 1.08 bits per heavy atom. The van der Waals surface area contributed by atoms with E-state index in [-0.39, 0.29) is 17.2 Å². The molecule has 0 unspecified atom stereocenters. The van der Waals surface area contributed by atoms with Gasteiger partial charge in [0.15, 0.2) is 22.5 Å². The normalized spacial score (nSPS) is 11.0. The zero-order valence-corrected chi connectivity index (χ0v) is 21.7. The fourth-order valence-corrected chi connectivity index (χ4v) is 4.41. The second kappa shape index (κ2) is 11.8. The number of aromatic nitrogens is 3. The third kappa shape index (κ3) is 5.92. The molecule has 8 nitrogen and oxygen atoms in total. The lowest BCUT2D eigenvalue weighted by Gasteiger charge is -2.12. The minimum atomic E-state index is -0.441. The number of halogens is 2. The second-order valence-electron chi connectivity index (χ2n) is 7.29. The van der Waals surface area contributed by atoms with Gasteiger partial charge in [0.2, 0.25) is 0 Å². The van der Waals surface area contributed by atoms with Gasteiger partial charge >= 0.3 is 0 Å². The van der Waals surface area contributed by atoms with E-state index in [1.165, 1.54) is 24.0 Å². The summed E-state index contributed by atoms with van der Waals surface area (Å²) in [6.45, 7) is 0. The molecule has 0 bridgehead atoms. The molecule has 0 aliphatic carbocycles. The maximum absolute atomic E-state index is 13.8. The smallest absolute Gasteiger partial charge is 0.250 e. The molecule has 36 heavy (non-hydrogen) atoms. The second-order valence-corrected chi connectivity index (χ2v) is 9.15. The molecule has 0 saturated heterocycles. The van der Waals surface area contributed by atoms with Crippen LogP contribution in [0.4, 0.5) is 4.39 Å². The molecule has 11 heteroatoms. The maximum Gasteiger partial charge on any atom is 0.250 e. The quantitative estimate of drug-likeness (QED) is 0.171. The first-order valence-corrected chi connectivity index (χ1v) is 12.4. The minimum absolute atomic E-state index is 0.0230. The molecule has 1 amide bonds. The fraction of sp³-hybridized carbons (Fsp3) is 0.120. The highest BCUT2D eigenvalue weighted by atomic mass is 79.9. The van der Waals surface area contributed by atoms with Crippen LogP contribution in [0, 0.1) is 5.82 Å².